The van der Waals surface area contributed by atoms with Crippen molar-refractivity contribution in [1.82, 2.24) is 20.4 Å². The molecule has 0 aliphatic carbocycles. The minimum absolute atomic E-state index is 0.307. The van der Waals surface area contributed by atoms with E-state index in [-0.39, 0.29) is 5.82 Å². The maximum Gasteiger partial charge on any atom is 0.153 e. The van der Waals surface area contributed by atoms with Gasteiger partial charge >= 0.3 is 0 Å². The maximum atomic E-state index is 13.4. The summed E-state index contributed by atoms with van der Waals surface area (Å²) >= 11 is 3.34. The largest absolute Gasteiger partial charge is 0.459 e. The van der Waals surface area contributed by atoms with E-state index in [1.165, 1.54) is 12.1 Å². The fourth-order valence-corrected chi connectivity index (χ4v) is 2.97. The number of hydrazine groups is 1. The van der Waals surface area contributed by atoms with E-state index < -0.39 is 6.04 Å². The highest BCUT2D eigenvalue weighted by atomic mass is 79.9. The van der Waals surface area contributed by atoms with Gasteiger partial charge in [-0.2, -0.15) is 0 Å². The van der Waals surface area contributed by atoms with Crippen LogP contribution in [0.1, 0.15) is 23.1 Å². The number of furan rings is 1. The predicted molar refractivity (Wildman–Crippen MR) is 78.8 cm³/mol. The first kappa shape index (κ1) is 14.2. The van der Waals surface area contributed by atoms with Gasteiger partial charge in [-0.1, -0.05) is 5.21 Å². The molecule has 0 saturated heterocycles. The van der Waals surface area contributed by atoms with Crippen LogP contribution in [0.3, 0.4) is 0 Å². The van der Waals surface area contributed by atoms with Crippen LogP contribution in [0.15, 0.2) is 27.2 Å². The third kappa shape index (κ3) is 2.25. The molecule has 3 aromatic rings. The van der Waals surface area contributed by atoms with E-state index in [2.05, 4.69) is 31.7 Å². The minimum atomic E-state index is -0.449. The first-order valence-electron chi connectivity index (χ1n) is 6.22. The van der Waals surface area contributed by atoms with Crippen molar-refractivity contribution >= 4 is 26.9 Å². The van der Waals surface area contributed by atoms with Crippen LogP contribution < -0.4 is 11.3 Å². The Morgan fingerprint density at radius 3 is 2.86 bits per heavy atom. The molecule has 6 nitrogen and oxygen atoms in total. The number of aryl methyl sites for hydroxylation is 2. The molecule has 110 valence electrons. The molecule has 1 atom stereocenters. The Balaban J connectivity index is 2.20. The lowest BCUT2D eigenvalue weighted by molar-refractivity contribution is 0.454. The van der Waals surface area contributed by atoms with Gasteiger partial charge in [0.1, 0.15) is 23.2 Å². The third-order valence-corrected chi connectivity index (χ3v) is 4.03. The van der Waals surface area contributed by atoms with Crippen molar-refractivity contribution in [1.29, 1.82) is 0 Å². The van der Waals surface area contributed by atoms with E-state index >= 15 is 0 Å². The summed E-state index contributed by atoms with van der Waals surface area (Å²) in [5, 5.41) is 8.59. The molecule has 0 radical (unpaired) electrons. The summed E-state index contributed by atoms with van der Waals surface area (Å²) in [4.78, 5) is 0. The smallest absolute Gasteiger partial charge is 0.153 e. The Morgan fingerprint density at radius 1 is 1.48 bits per heavy atom. The van der Waals surface area contributed by atoms with Gasteiger partial charge in [0.25, 0.3) is 0 Å². The molecular formula is C13H13BrFN5O. The number of nitrogens with zero attached hydrogens (tertiary/aromatic N) is 3. The first-order valence-corrected chi connectivity index (χ1v) is 7.02. The zero-order valence-electron chi connectivity index (χ0n) is 11.4. The molecule has 1 aromatic carbocycles. The highest BCUT2D eigenvalue weighted by molar-refractivity contribution is 9.10. The van der Waals surface area contributed by atoms with Crippen molar-refractivity contribution in [2.75, 3.05) is 0 Å². The second-order valence-electron chi connectivity index (χ2n) is 4.72. The number of hydrogen-bond donors (Lipinski definition) is 2. The summed E-state index contributed by atoms with van der Waals surface area (Å²) < 4.78 is 21.4. The molecule has 8 heteroatoms. The number of fused-ring (bicyclic) bond motifs is 1. The SMILES string of the molecule is Cc1c(C(NN)c2c(Br)nnn2C)oc2ccc(F)cc12. The maximum absolute atomic E-state index is 13.4. The van der Waals surface area contributed by atoms with Crippen LogP contribution in [0.4, 0.5) is 4.39 Å². The molecule has 0 aliphatic heterocycles. The lowest BCUT2D eigenvalue weighted by atomic mass is 10.1. The predicted octanol–water partition coefficient (Wildman–Crippen LogP) is 2.32. The molecule has 3 N–H and O–H groups in total. The minimum Gasteiger partial charge on any atom is -0.459 e. The Bertz CT molecular complexity index is 793. The average Bonchev–Trinajstić information content (AvgIpc) is 2.95. The lowest BCUT2D eigenvalue weighted by Crippen LogP contribution is -2.30. The molecule has 3 rings (SSSR count). The van der Waals surface area contributed by atoms with Crippen molar-refractivity contribution in [3.63, 3.8) is 0 Å². The molecule has 0 fully saturated rings. The second-order valence-corrected chi connectivity index (χ2v) is 5.47. The van der Waals surface area contributed by atoms with Crippen LogP contribution in [0, 0.1) is 12.7 Å². The zero-order valence-corrected chi connectivity index (χ0v) is 13.0. The Labute approximate surface area is 128 Å². The van der Waals surface area contributed by atoms with Gasteiger partial charge in [-0.25, -0.2) is 14.5 Å². The Morgan fingerprint density at radius 2 is 2.24 bits per heavy atom. The van der Waals surface area contributed by atoms with Crippen LogP contribution in [0.2, 0.25) is 0 Å². The zero-order chi connectivity index (χ0) is 15.1. The van der Waals surface area contributed by atoms with Gasteiger partial charge in [0.2, 0.25) is 0 Å². The molecule has 0 spiro atoms. The summed E-state index contributed by atoms with van der Waals surface area (Å²) in [6.07, 6.45) is 0. The van der Waals surface area contributed by atoms with Crippen LogP contribution in [0.5, 0.6) is 0 Å². The van der Waals surface area contributed by atoms with Crippen molar-refractivity contribution in [3.8, 4) is 0 Å². The Hall–Kier alpha value is -1.77. The normalized spacial score (nSPS) is 13.0. The van der Waals surface area contributed by atoms with Crippen molar-refractivity contribution < 1.29 is 8.81 Å². The van der Waals surface area contributed by atoms with E-state index in [0.29, 0.717) is 15.9 Å². The molecule has 21 heavy (non-hydrogen) atoms. The number of nitrogens with one attached hydrogen (secondary N) is 1. The standard InChI is InChI=1S/C13H13BrFN5O/c1-6-8-5-7(15)3-4-9(8)21-12(6)10(17-16)11-13(14)18-19-20(11)2/h3-5,10,17H,16H2,1-2H3. The van der Waals surface area contributed by atoms with E-state index in [4.69, 9.17) is 10.3 Å². The summed E-state index contributed by atoms with van der Waals surface area (Å²) in [5.74, 6) is 5.97. The molecule has 0 saturated carbocycles. The molecule has 2 heterocycles. The lowest BCUT2D eigenvalue weighted by Gasteiger charge is -2.14. The quantitative estimate of drug-likeness (QED) is 0.557. The van der Waals surface area contributed by atoms with Crippen LogP contribution >= 0.6 is 15.9 Å². The van der Waals surface area contributed by atoms with Gasteiger partial charge in [-0.05, 0) is 41.1 Å². The van der Waals surface area contributed by atoms with E-state index in [9.17, 15) is 4.39 Å². The molecular weight excluding hydrogens is 341 g/mol. The molecule has 2 aromatic heterocycles. The highest BCUT2D eigenvalue weighted by Gasteiger charge is 2.26. The van der Waals surface area contributed by atoms with Gasteiger partial charge < -0.3 is 4.42 Å². The van der Waals surface area contributed by atoms with Crippen molar-refractivity contribution in [2.24, 2.45) is 12.9 Å². The first-order chi connectivity index (χ1) is 10.0. The van der Waals surface area contributed by atoms with Gasteiger partial charge in [0.05, 0.1) is 5.69 Å². The Kier molecular flexibility index (Phi) is 3.52. The molecule has 0 bridgehead atoms. The van der Waals surface area contributed by atoms with Crippen molar-refractivity contribution in [3.05, 3.63) is 45.6 Å². The number of halogens is 2. The van der Waals surface area contributed by atoms with Gasteiger partial charge in [-0.15, -0.1) is 5.10 Å². The average molecular weight is 354 g/mol. The fraction of sp³-hybridized carbons (Fsp3) is 0.231. The fourth-order valence-electron chi connectivity index (χ4n) is 2.41. The third-order valence-electron chi connectivity index (χ3n) is 3.46. The molecule has 0 aliphatic rings. The van der Waals surface area contributed by atoms with Crippen molar-refractivity contribution in [2.45, 2.75) is 13.0 Å². The highest BCUT2D eigenvalue weighted by Crippen LogP contribution is 2.34. The second kappa shape index (κ2) is 5.21. The van der Waals surface area contributed by atoms with Crippen LogP contribution in [-0.2, 0) is 7.05 Å². The van der Waals surface area contributed by atoms with Gasteiger partial charge in [0, 0.05) is 18.0 Å². The monoisotopic (exact) mass is 353 g/mol. The van der Waals surface area contributed by atoms with E-state index in [0.717, 1.165) is 16.6 Å². The number of hydrogen-bond acceptors (Lipinski definition) is 5. The summed E-state index contributed by atoms with van der Waals surface area (Å²) in [6, 6.07) is 3.96. The summed E-state index contributed by atoms with van der Waals surface area (Å²) in [5.41, 5.74) is 4.85. The van der Waals surface area contributed by atoms with Gasteiger partial charge in [-0.3, -0.25) is 5.84 Å². The van der Waals surface area contributed by atoms with Crippen LogP contribution in [0.25, 0.3) is 11.0 Å². The number of benzene rings is 1. The van der Waals surface area contributed by atoms with E-state index in [1.54, 1.807) is 17.8 Å². The topological polar surface area (TPSA) is 81.9 Å². The van der Waals surface area contributed by atoms with Gasteiger partial charge in [0.15, 0.2) is 4.60 Å². The number of rotatable bonds is 3. The molecule has 1 unspecified atom stereocenters. The molecule has 0 amide bonds. The van der Waals surface area contributed by atoms with E-state index in [1.807, 2.05) is 6.92 Å². The summed E-state index contributed by atoms with van der Waals surface area (Å²) in [7, 11) is 1.76. The summed E-state index contributed by atoms with van der Waals surface area (Å²) in [6.45, 7) is 1.86. The van der Waals surface area contributed by atoms with Crippen LogP contribution in [-0.4, -0.2) is 15.0 Å². The number of aromatic nitrogens is 3. The number of nitrogens with two attached hydrogens (primary N) is 1.